The molecule has 0 aliphatic heterocycles. The summed E-state index contributed by atoms with van der Waals surface area (Å²) in [5, 5.41) is 29.1. The van der Waals surface area contributed by atoms with E-state index >= 15 is 0 Å². The SMILES string of the molecule is O=Cc1ccc(Oc2cc([N+](=O)[O-])c3nonc3c2)c([N+](=O)[O-])c1. The summed E-state index contributed by atoms with van der Waals surface area (Å²) in [4.78, 5) is 31.4. The zero-order valence-corrected chi connectivity index (χ0v) is 11.6. The van der Waals surface area contributed by atoms with Crippen LogP contribution in [0.25, 0.3) is 11.0 Å². The third kappa shape index (κ3) is 2.61. The Hall–Kier alpha value is -3.89. The van der Waals surface area contributed by atoms with Crippen molar-refractivity contribution in [2.24, 2.45) is 0 Å². The average Bonchev–Trinajstić information content (AvgIpc) is 3.02. The summed E-state index contributed by atoms with van der Waals surface area (Å²) in [5.74, 6) is -0.248. The first-order valence-corrected chi connectivity index (χ1v) is 6.32. The minimum absolute atomic E-state index is 0.0614. The summed E-state index contributed by atoms with van der Waals surface area (Å²) in [6.07, 6.45) is 0.453. The zero-order chi connectivity index (χ0) is 17.3. The summed E-state index contributed by atoms with van der Waals surface area (Å²) >= 11 is 0. The minimum Gasteiger partial charge on any atom is -0.450 e. The lowest BCUT2D eigenvalue weighted by atomic mass is 10.2. The van der Waals surface area contributed by atoms with E-state index in [2.05, 4.69) is 14.9 Å². The number of nitrogens with zero attached hydrogens (tertiary/aromatic N) is 4. The van der Waals surface area contributed by atoms with Gasteiger partial charge in [-0.05, 0) is 22.4 Å². The molecular formula is C13H6N4O7. The highest BCUT2D eigenvalue weighted by Gasteiger charge is 2.22. The van der Waals surface area contributed by atoms with Crippen LogP contribution < -0.4 is 4.74 Å². The number of nitro benzene ring substituents is 2. The molecule has 0 saturated carbocycles. The van der Waals surface area contributed by atoms with Crippen LogP contribution in [0.1, 0.15) is 10.4 Å². The number of nitro groups is 2. The van der Waals surface area contributed by atoms with Gasteiger partial charge < -0.3 is 4.74 Å². The quantitative estimate of drug-likeness (QED) is 0.390. The van der Waals surface area contributed by atoms with Crippen LogP contribution in [-0.4, -0.2) is 26.4 Å². The molecule has 0 atom stereocenters. The number of aromatic nitrogens is 2. The molecule has 0 unspecified atom stereocenters. The van der Waals surface area contributed by atoms with Gasteiger partial charge in [0, 0.05) is 17.7 Å². The van der Waals surface area contributed by atoms with E-state index in [1.807, 2.05) is 0 Å². The van der Waals surface area contributed by atoms with Crippen LogP contribution in [0, 0.1) is 20.2 Å². The molecule has 0 aliphatic carbocycles. The van der Waals surface area contributed by atoms with Crippen molar-refractivity contribution in [3.05, 3.63) is 56.1 Å². The molecule has 0 saturated heterocycles. The molecule has 3 rings (SSSR count). The number of carbonyl (C=O) groups excluding carboxylic acids is 1. The molecule has 0 aliphatic rings. The lowest BCUT2D eigenvalue weighted by molar-refractivity contribution is -0.385. The molecule has 0 fully saturated rings. The number of non-ortho nitro benzene ring substituents is 1. The Morgan fingerprint density at radius 1 is 1.04 bits per heavy atom. The molecule has 11 heteroatoms. The molecule has 0 bridgehead atoms. The molecular weight excluding hydrogens is 324 g/mol. The highest BCUT2D eigenvalue weighted by Crippen LogP contribution is 2.35. The molecule has 1 aromatic heterocycles. The van der Waals surface area contributed by atoms with Crippen LogP contribution in [0.15, 0.2) is 35.0 Å². The number of hydrogen-bond donors (Lipinski definition) is 0. The predicted octanol–water partition coefficient (Wildman–Crippen LogP) is 2.64. The van der Waals surface area contributed by atoms with E-state index < -0.39 is 21.2 Å². The Balaban J connectivity index is 2.08. The van der Waals surface area contributed by atoms with E-state index in [-0.39, 0.29) is 28.1 Å². The maximum atomic E-state index is 11.1. The van der Waals surface area contributed by atoms with Crippen molar-refractivity contribution < 1.29 is 24.0 Å². The van der Waals surface area contributed by atoms with E-state index in [0.29, 0.717) is 6.29 Å². The number of ether oxygens (including phenoxy) is 1. The second kappa shape index (κ2) is 5.72. The highest BCUT2D eigenvalue weighted by atomic mass is 16.6. The van der Waals surface area contributed by atoms with Gasteiger partial charge in [-0.15, -0.1) is 0 Å². The van der Waals surface area contributed by atoms with E-state index in [0.717, 1.165) is 12.1 Å². The van der Waals surface area contributed by atoms with Gasteiger partial charge >= 0.3 is 11.4 Å². The Kier molecular flexibility index (Phi) is 3.58. The van der Waals surface area contributed by atoms with Crippen molar-refractivity contribution in [3.63, 3.8) is 0 Å². The molecule has 120 valence electrons. The molecule has 2 aromatic carbocycles. The van der Waals surface area contributed by atoms with Crippen molar-refractivity contribution in [1.29, 1.82) is 0 Å². The number of benzene rings is 2. The smallest absolute Gasteiger partial charge is 0.312 e. The van der Waals surface area contributed by atoms with Gasteiger partial charge in [-0.1, -0.05) is 0 Å². The van der Waals surface area contributed by atoms with Crippen LogP contribution in [0.5, 0.6) is 11.5 Å². The van der Waals surface area contributed by atoms with Crippen molar-refractivity contribution in [2.75, 3.05) is 0 Å². The number of hydrogen-bond acceptors (Lipinski definition) is 9. The molecule has 0 N–H and O–H groups in total. The van der Waals surface area contributed by atoms with Crippen LogP contribution >= 0.6 is 0 Å². The van der Waals surface area contributed by atoms with Crippen LogP contribution in [0.3, 0.4) is 0 Å². The van der Waals surface area contributed by atoms with Crippen molar-refractivity contribution in [3.8, 4) is 11.5 Å². The number of fused-ring (bicyclic) bond motifs is 1. The fourth-order valence-corrected chi connectivity index (χ4v) is 2.01. The lowest BCUT2D eigenvalue weighted by Crippen LogP contribution is -1.96. The Morgan fingerprint density at radius 2 is 1.79 bits per heavy atom. The number of aldehydes is 1. The first-order chi connectivity index (χ1) is 11.5. The standard InChI is InChI=1S/C13H6N4O7/c18-6-7-1-2-12(10(3-7)16(19)20)23-8-4-9-13(15-24-14-9)11(5-8)17(21)22/h1-6H. The van der Waals surface area contributed by atoms with E-state index in [4.69, 9.17) is 4.74 Å². The van der Waals surface area contributed by atoms with Crippen molar-refractivity contribution >= 4 is 28.7 Å². The maximum absolute atomic E-state index is 11.1. The summed E-state index contributed by atoms with van der Waals surface area (Å²) in [6.45, 7) is 0. The van der Waals surface area contributed by atoms with Crippen molar-refractivity contribution in [2.45, 2.75) is 0 Å². The topological polar surface area (TPSA) is 152 Å². The fraction of sp³-hybridized carbons (Fsp3) is 0. The van der Waals surface area contributed by atoms with Gasteiger partial charge in [-0.3, -0.25) is 25.0 Å². The maximum Gasteiger partial charge on any atom is 0.312 e. The first-order valence-electron chi connectivity index (χ1n) is 6.32. The average molecular weight is 330 g/mol. The summed E-state index contributed by atoms with van der Waals surface area (Å²) < 4.78 is 9.81. The Morgan fingerprint density at radius 3 is 2.46 bits per heavy atom. The van der Waals surface area contributed by atoms with Crippen LogP contribution in [0.2, 0.25) is 0 Å². The summed E-state index contributed by atoms with van der Waals surface area (Å²) in [5.41, 5.74) is -0.794. The van der Waals surface area contributed by atoms with Crippen LogP contribution in [-0.2, 0) is 0 Å². The summed E-state index contributed by atoms with van der Waals surface area (Å²) in [6, 6.07) is 5.91. The van der Waals surface area contributed by atoms with Gasteiger partial charge in [0.2, 0.25) is 11.3 Å². The van der Waals surface area contributed by atoms with E-state index in [1.165, 1.54) is 18.2 Å². The highest BCUT2D eigenvalue weighted by molar-refractivity contribution is 5.85. The van der Waals surface area contributed by atoms with Gasteiger partial charge in [0.25, 0.3) is 0 Å². The minimum atomic E-state index is -0.729. The first kappa shape index (κ1) is 15.0. The zero-order valence-electron chi connectivity index (χ0n) is 11.6. The summed E-state index contributed by atoms with van der Waals surface area (Å²) in [7, 11) is 0. The molecule has 3 aromatic rings. The predicted molar refractivity (Wildman–Crippen MR) is 77.0 cm³/mol. The Labute approximate surface area is 131 Å². The normalized spacial score (nSPS) is 10.5. The van der Waals surface area contributed by atoms with Crippen molar-refractivity contribution in [1.82, 2.24) is 10.3 Å². The third-order valence-electron chi connectivity index (χ3n) is 3.05. The second-order valence-electron chi connectivity index (χ2n) is 4.54. The number of rotatable bonds is 5. The van der Waals surface area contributed by atoms with E-state index in [1.54, 1.807) is 0 Å². The molecule has 0 spiro atoms. The van der Waals surface area contributed by atoms with Gasteiger partial charge in [0.15, 0.2) is 0 Å². The monoisotopic (exact) mass is 330 g/mol. The van der Waals surface area contributed by atoms with E-state index in [9.17, 15) is 25.0 Å². The molecule has 11 nitrogen and oxygen atoms in total. The molecule has 24 heavy (non-hydrogen) atoms. The molecule has 1 heterocycles. The van der Waals surface area contributed by atoms with Gasteiger partial charge in [0.1, 0.15) is 17.6 Å². The van der Waals surface area contributed by atoms with Gasteiger partial charge in [-0.2, -0.15) is 0 Å². The molecule has 0 radical (unpaired) electrons. The third-order valence-corrected chi connectivity index (χ3v) is 3.05. The van der Waals surface area contributed by atoms with Crippen LogP contribution in [0.4, 0.5) is 11.4 Å². The van der Waals surface area contributed by atoms with Gasteiger partial charge in [-0.25, -0.2) is 4.63 Å². The largest absolute Gasteiger partial charge is 0.450 e. The Bertz CT molecular complexity index is 982. The number of carbonyl (C=O) groups is 1. The van der Waals surface area contributed by atoms with Gasteiger partial charge in [0.05, 0.1) is 15.9 Å². The fourth-order valence-electron chi connectivity index (χ4n) is 2.01. The second-order valence-corrected chi connectivity index (χ2v) is 4.54. The lowest BCUT2D eigenvalue weighted by Gasteiger charge is -2.06. The molecule has 0 amide bonds.